The van der Waals surface area contributed by atoms with E-state index < -0.39 is 0 Å². The van der Waals surface area contributed by atoms with Crippen LogP contribution in [0.25, 0.3) is 16.6 Å². The highest BCUT2D eigenvalue weighted by molar-refractivity contribution is 6.32. The Kier molecular flexibility index (Phi) is 4.82. The number of halogens is 1. The first-order valence-electron chi connectivity index (χ1n) is 8.96. The fraction of sp³-hybridized carbons (Fsp3) is 0.182. The smallest absolute Gasteiger partial charge is 0.253 e. The summed E-state index contributed by atoms with van der Waals surface area (Å²) < 4.78 is 0. The quantitative estimate of drug-likeness (QED) is 0.682. The number of carbonyl (C=O) groups excluding carboxylic acids is 1. The molecule has 0 N–H and O–H groups in total. The summed E-state index contributed by atoms with van der Waals surface area (Å²) in [5, 5.41) is 1.68. The van der Waals surface area contributed by atoms with Crippen molar-refractivity contribution in [3.63, 3.8) is 0 Å². The number of rotatable bonds is 3. The summed E-state index contributed by atoms with van der Waals surface area (Å²) in [6, 6.07) is 17.3. The molecular formula is C22H20ClN3O. The Morgan fingerprint density at radius 2 is 1.70 bits per heavy atom. The molecule has 1 aliphatic rings. The SMILES string of the molecule is C=C(c1ccccc1Cl)N1CCN(C(=O)c2ccc3ncccc3c2)CC1. The second-order valence-electron chi connectivity index (χ2n) is 6.62. The van der Waals surface area contributed by atoms with E-state index in [0.29, 0.717) is 23.7 Å². The highest BCUT2D eigenvalue weighted by atomic mass is 35.5. The van der Waals surface area contributed by atoms with E-state index in [4.69, 9.17) is 11.6 Å². The topological polar surface area (TPSA) is 36.4 Å². The molecule has 0 radical (unpaired) electrons. The molecule has 136 valence electrons. The van der Waals surface area contributed by atoms with Crippen molar-refractivity contribution in [2.75, 3.05) is 26.2 Å². The van der Waals surface area contributed by atoms with Gasteiger partial charge in [0.05, 0.1) is 5.52 Å². The molecule has 2 aromatic carbocycles. The fourth-order valence-electron chi connectivity index (χ4n) is 3.44. The first kappa shape index (κ1) is 17.6. The van der Waals surface area contributed by atoms with Gasteiger partial charge in [-0.15, -0.1) is 0 Å². The average Bonchev–Trinajstić information content (AvgIpc) is 2.73. The van der Waals surface area contributed by atoms with Crippen LogP contribution in [0.5, 0.6) is 0 Å². The lowest BCUT2D eigenvalue weighted by molar-refractivity contribution is 0.0686. The summed E-state index contributed by atoms with van der Waals surface area (Å²) in [4.78, 5) is 21.3. The van der Waals surface area contributed by atoms with Gasteiger partial charge in [-0.05, 0) is 30.3 Å². The molecule has 0 unspecified atom stereocenters. The summed E-state index contributed by atoms with van der Waals surface area (Å²) in [6.45, 7) is 7.00. The molecule has 4 rings (SSSR count). The Morgan fingerprint density at radius 1 is 0.963 bits per heavy atom. The number of hydrogen-bond acceptors (Lipinski definition) is 3. The third kappa shape index (κ3) is 3.53. The molecule has 1 amide bonds. The van der Waals surface area contributed by atoms with Gasteiger partial charge in [-0.25, -0.2) is 0 Å². The first-order chi connectivity index (χ1) is 13.1. The van der Waals surface area contributed by atoms with Crippen LogP contribution in [0, 0.1) is 0 Å². The molecular weight excluding hydrogens is 358 g/mol. The van der Waals surface area contributed by atoms with Gasteiger partial charge in [-0.3, -0.25) is 9.78 Å². The van der Waals surface area contributed by atoms with Crippen molar-refractivity contribution in [3.05, 3.63) is 83.5 Å². The van der Waals surface area contributed by atoms with Gasteiger partial charge in [0, 0.05) is 59.6 Å². The van der Waals surface area contributed by atoms with E-state index in [1.54, 1.807) is 6.20 Å². The molecule has 5 heteroatoms. The van der Waals surface area contributed by atoms with Crippen LogP contribution in [0.4, 0.5) is 0 Å². The van der Waals surface area contributed by atoms with Gasteiger partial charge < -0.3 is 9.80 Å². The highest BCUT2D eigenvalue weighted by Crippen LogP contribution is 2.26. The van der Waals surface area contributed by atoms with Crippen LogP contribution < -0.4 is 0 Å². The van der Waals surface area contributed by atoms with Crippen LogP contribution in [0.3, 0.4) is 0 Å². The predicted molar refractivity (Wildman–Crippen MR) is 110 cm³/mol. The van der Waals surface area contributed by atoms with E-state index >= 15 is 0 Å². The van der Waals surface area contributed by atoms with Gasteiger partial charge in [0.25, 0.3) is 5.91 Å². The zero-order valence-corrected chi connectivity index (χ0v) is 15.7. The molecule has 1 aliphatic heterocycles. The standard InChI is InChI=1S/C22H20ClN3O/c1-16(19-6-2-3-7-20(19)23)25-11-13-26(14-12-25)22(27)18-8-9-21-17(15-18)5-4-10-24-21/h2-10,15H,1,11-14H2. The third-order valence-corrected chi connectivity index (χ3v) is 5.31. The number of benzene rings is 2. The maximum absolute atomic E-state index is 12.9. The van der Waals surface area contributed by atoms with E-state index in [9.17, 15) is 4.79 Å². The average molecular weight is 378 g/mol. The van der Waals surface area contributed by atoms with Crippen LogP contribution in [0.2, 0.25) is 5.02 Å². The zero-order chi connectivity index (χ0) is 18.8. The van der Waals surface area contributed by atoms with Gasteiger partial charge in [0.2, 0.25) is 0 Å². The molecule has 1 fully saturated rings. The van der Waals surface area contributed by atoms with Crippen LogP contribution in [0.15, 0.2) is 67.4 Å². The Labute approximate surface area is 163 Å². The van der Waals surface area contributed by atoms with Gasteiger partial charge in [0.1, 0.15) is 0 Å². The highest BCUT2D eigenvalue weighted by Gasteiger charge is 2.24. The normalized spacial score (nSPS) is 14.4. The predicted octanol–water partition coefficient (Wildman–Crippen LogP) is 4.32. The molecule has 0 bridgehead atoms. The Balaban J connectivity index is 1.44. The van der Waals surface area contributed by atoms with Crippen molar-refractivity contribution >= 4 is 34.1 Å². The minimum absolute atomic E-state index is 0.0590. The van der Waals surface area contributed by atoms with Crippen molar-refractivity contribution in [2.45, 2.75) is 0 Å². The lowest BCUT2D eigenvalue weighted by Gasteiger charge is -2.37. The number of fused-ring (bicyclic) bond motifs is 1. The summed E-state index contributed by atoms with van der Waals surface area (Å²) in [5.41, 5.74) is 3.45. The van der Waals surface area contributed by atoms with Crippen LogP contribution >= 0.6 is 11.6 Å². The Bertz CT molecular complexity index is 1010. The van der Waals surface area contributed by atoms with Gasteiger partial charge in [-0.1, -0.05) is 42.4 Å². The number of hydrogen-bond donors (Lipinski definition) is 0. The van der Waals surface area contributed by atoms with Crippen molar-refractivity contribution in [1.29, 1.82) is 0 Å². The summed E-state index contributed by atoms with van der Waals surface area (Å²) in [6.07, 6.45) is 1.76. The second kappa shape index (κ2) is 7.41. The first-order valence-corrected chi connectivity index (χ1v) is 9.34. The van der Waals surface area contributed by atoms with Gasteiger partial charge >= 0.3 is 0 Å². The van der Waals surface area contributed by atoms with E-state index in [0.717, 1.165) is 35.3 Å². The molecule has 4 nitrogen and oxygen atoms in total. The molecule has 0 saturated carbocycles. The minimum atomic E-state index is 0.0590. The summed E-state index contributed by atoms with van der Waals surface area (Å²) in [5.74, 6) is 0.0590. The minimum Gasteiger partial charge on any atom is -0.368 e. The monoisotopic (exact) mass is 377 g/mol. The summed E-state index contributed by atoms with van der Waals surface area (Å²) in [7, 11) is 0. The van der Waals surface area contributed by atoms with Crippen molar-refractivity contribution in [1.82, 2.24) is 14.8 Å². The number of piperazine rings is 1. The van der Waals surface area contributed by atoms with Gasteiger partial charge in [0.15, 0.2) is 0 Å². The molecule has 3 aromatic rings. The Hall–Kier alpha value is -2.85. The molecule has 1 aromatic heterocycles. The van der Waals surface area contributed by atoms with E-state index in [2.05, 4.69) is 16.5 Å². The number of aromatic nitrogens is 1. The maximum atomic E-state index is 12.9. The maximum Gasteiger partial charge on any atom is 0.253 e. The fourth-order valence-corrected chi connectivity index (χ4v) is 3.68. The van der Waals surface area contributed by atoms with E-state index in [1.165, 1.54) is 0 Å². The van der Waals surface area contributed by atoms with Crippen molar-refractivity contribution < 1.29 is 4.79 Å². The number of carbonyl (C=O) groups is 1. The van der Waals surface area contributed by atoms with E-state index in [-0.39, 0.29) is 5.91 Å². The van der Waals surface area contributed by atoms with Gasteiger partial charge in [-0.2, -0.15) is 0 Å². The second-order valence-corrected chi connectivity index (χ2v) is 7.02. The van der Waals surface area contributed by atoms with Crippen molar-refractivity contribution in [3.8, 4) is 0 Å². The molecule has 1 saturated heterocycles. The van der Waals surface area contributed by atoms with Crippen LogP contribution in [0.1, 0.15) is 15.9 Å². The molecule has 0 aliphatic carbocycles. The molecule has 0 spiro atoms. The number of amides is 1. The third-order valence-electron chi connectivity index (χ3n) is 4.98. The Morgan fingerprint density at radius 3 is 2.48 bits per heavy atom. The molecule has 27 heavy (non-hydrogen) atoms. The van der Waals surface area contributed by atoms with Crippen LogP contribution in [-0.4, -0.2) is 46.9 Å². The van der Waals surface area contributed by atoms with E-state index in [1.807, 2.05) is 59.5 Å². The lowest BCUT2D eigenvalue weighted by Crippen LogP contribution is -2.47. The molecule has 0 atom stereocenters. The molecule has 2 heterocycles. The number of pyridine rings is 1. The van der Waals surface area contributed by atoms with Crippen LogP contribution in [-0.2, 0) is 0 Å². The van der Waals surface area contributed by atoms with Crippen molar-refractivity contribution in [2.24, 2.45) is 0 Å². The largest absolute Gasteiger partial charge is 0.368 e. The summed E-state index contributed by atoms with van der Waals surface area (Å²) >= 11 is 6.29. The number of nitrogens with zero attached hydrogens (tertiary/aromatic N) is 3. The lowest BCUT2D eigenvalue weighted by atomic mass is 10.1. The zero-order valence-electron chi connectivity index (χ0n) is 14.9.